The van der Waals surface area contributed by atoms with Crippen molar-refractivity contribution in [1.29, 1.82) is 0 Å². The third-order valence-corrected chi connectivity index (χ3v) is 2.31. The molecule has 0 amide bonds. The van der Waals surface area contributed by atoms with E-state index in [0.29, 0.717) is 0 Å². The van der Waals surface area contributed by atoms with Crippen LogP contribution < -0.4 is 0 Å². The van der Waals surface area contributed by atoms with Gasteiger partial charge < -0.3 is 0 Å². The van der Waals surface area contributed by atoms with Gasteiger partial charge in [-0.2, -0.15) is 0 Å². The molecule has 0 aromatic carbocycles. The summed E-state index contributed by atoms with van der Waals surface area (Å²) >= 11 is 1.53. The van der Waals surface area contributed by atoms with Crippen molar-refractivity contribution in [2.75, 3.05) is 0 Å². The summed E-state index contributed by atoms with van der Waals surface area (Å²) in [4.78, 5) is 21.1. The van der Waals surface area contributed by atoms with E-state index >= 15 is 0 Å². The fraction of sp³-hybridized carbons (Fsp3) is 0. The smallest absolute Gasteiger partial charge is 0.142 e. The largest absolute Gasteiger partial charge is 0.299 e. The summed E-state index contributed by atoms with van der Waals surface area (Å²) in [6.07, 6.45) is 7.76. The molecule has 0 spiro atoms. The first-order valence-electron chi connectivity index (χ1n) is 3.69. The molecule has 13 heavy (non-hydrogen) atoms. The summed E-state index contributed by atoms with van der Waals surface area (Å²) in [7, 11) is 0. The minimum absolute atomic E-state index is 0.727. The van der Waals surface area contributed by atoms with Gasteiger partial charge in [0.1, 0.15) is 12.6 Å². The second kappa shape index (κ2) is 5.22. The van der Waals surface area contributed by atoms with Gasteiger partial charge in [-0.15, -0.1) is 11.3 Å². The lowest BCUT2D eigenvalue weighted by Crippen LogP contribution is -1.70. The summed E-state index contributed by atoms with van der Waals surface area (Å²) in [6.45, 7) is 0. The van der Waals surface area contributed by atoms with Crippen molar-refractivity contribution in [1.82, 2.24) is 0 Å². The predicted octanol–water partition coefficient (Wildman–Crippen LogP) is 2.17. The first-order valence-corrected chi connectivity index (χ1v) is 4.57. The van der Waals surface area contributed by atoms with Gasteiger partial charge in [0.25, 0.3) is 0 Å². The Morgan fingerprint density at radius 1 is 1.08 bits per heavy atom. The van der Waals surface area contributed by atoms with Gasteiger partial charge in [-0.1, -0.05) is 6.08 Å². The van der Waals surface area contributed by atoms with Gasteiger partial charge in [0.15, 0.2) is 0 Å². The molecule has 66 valence electrons. The first kappa shape index (κ1) is 9.61. The lowest BCUT2D eigenvalue weighted by Gasteiger charge is -1.87. The van der Waals surface area contributed by atoms with E-state index in [4.69, 9.17) is 0 Å². The monoisotopic (exact) mass is 192 g/mol. The van der Waals surface area contributed by atoms with Crippen LogP contribution in [0.2, 0.25) is 0 Å². The molecule has 1 aromatic heterocycles. The van der Waals surface area contributed by atoms with Crippen molar-refractivity contribution >= 4 is 36.1 Å². The minimum Gasteiger partial charge on any atom is -0.299 e. The molecule has 0 atom stereocenters. The van der Waals surface area contributed by atoms with E-state index in [-0.39, 0.29) is 0 Å². The predicted molar refractivity (Wildman–Crippen MR) is 54.5 cm³/mol. The summed E-state index contributed by atoms with van der Waals surface area (Å²) in [5.41, 5.74) is 0.954. The number of aldehydes is 2. The fourth-order valence-corrected chi connectivity index (χ4v) is 1.66. The van der Waals surface area contributed by atoms with E-state index < -0.39 is 0 Å². The van der Waals surface area contributed by atoms with Gasteiger partial charge in [-0.05, 0) is 35.2 Å². The topological polar surface area (TPSA) is 34.1 Å². The maximum atomic E-state index is 10.1. The van der Waals surface area contributed by atoms with E-state index in [1.807, 2.05) is 11.4 Å². The molecule has 3 heteroatoms. The van der Waals surface area contributed by atoms with E-state index in [1.54, 1.807) is 12.2 Å². The lowest BCUT2D eigenvalue weighted by atomic mass is 10.2. The van der Waals surface area contributed by atoms with Crippen LogP contribution in [0.4, 0.5) is 0 Å². The maximum absolute atomic E-state index is 10.1. The number of carbonyl (C=O) groups is 2. The number of rotatable bonds is 4. The highest BCUT2D eigenvalue weighted by atomic mass is 32.1. The maximum Gasteiger partial charge on any atom is 0.142 e. The van der Waals surface area contributed by atoms with Gasteiger partial charge in [-0.3, -0.25) is 9.59 Å². The first-order chi connectivity index (χ1) is 6.38. The molecule has 0 bridgehead atoms. The van der Waals surface area contributed by atoms with Crippen LogP contribution >= 0.6 is 11.3 Å². The molecule has 0 saturated carbocycles. The second-order valence-electron chi connectivity index (χ2n) is 2.23. The van der Waals surface area contributed by atoms with Crippen LogP contribution in [0.1, 0.15) is 10.4 Å². The normalized spacial score (nSPS) is 11.1. The van der Waals surface area contributed by atoms with Gasteiger partial charge in [0, 0.05) is 4.88 Å². The van der Waals surface area contributed by atoms with Crippen LogP contribution in [-0.2, 0) is 9.59 Å². The van der Waals surface area contributed by atoms with Crippen LogP contribution in [0.5, 0.6) is 0 Å². The van der Waals surface area contributed by atoms with Crippen LogP contribution in [0.25, 0.3) is 12.2 Å². The van der Waals surface area contributed by atoms with E-state index in [0.717, 1.165) is 23.0 Å². The summed E-state index contributed by atoms with van der Waals surface area (Å²) < 4.78 is 0. The Hall–Kier alpha value is -1.48. The molecule has 1 rings (SSSR count). The van der Waals surface area contributed by atoms with Crippen LogP contribution in [0.15, 0.2) is 23.6 Å². The van der Waals surface area contributed by atoms with Gasteiger partial charge in [0.05, 0.1) is 0 Å². The van der Waals surface area contributed by atoms with Gasteiger partial charge >= 0.3 is 0 Å². The molecule has 2 nitrogen and oxygen atoms in total. The highest BCUT2D eigenvalue weighted by molar-refractivity contribution is 7.11. The van der Waals surface area contributed by atoms with Crippen molar-refractivity contribution in [3.63, 3.8) is 0 Å². The zero-order valence-electron chi connectivity index (χ0n) is 6.84. The third kappa shape index (κ3) is 2.80. The molecule has 0 aliphatic heterocycles. The minimum atomic E-state index is 0.727. The Bertz CT molecular complexity index is 315. The number of allylic oxidation sites excluding steroid dienone is 2. The van der Waals surface area contributed by atoms with Gasteiger partial charge in [-0.25, -0.2) is 0 Å². The quantitative estimate of drug-likeness (QED) is 0.541. The zero-order chi connectivity index (χ0) is 9.52. The number of hydrogen-bond donors (Lipinski definition) is 0. The lowest BCUT2D eigenvalue weighted by molar-refractivity contribution is -0.104. The molecule has 0 saturated heterocycles. The molecule has 0 aliphatic carbocycles. The van der Waals surface area contributed by atoms with E-state index in [1.165, 1.54) is 23.5 Å². The van der Waals surface area contributed by atoms with Gasteiger partial charge in [0.2, 0.25) is 0 Å². The Morgan fingerprint density at radius 3 is 2.46 bits per heavy atom. The number of thiophene rings is 1. The molecule has 1 heterocycles. The molecular weight excluding hydrogens is 184 g/mol. The van der Waals surface area contributed by atoms with Crippen molar-refractivity contribution in [2.24, 2.45) is 0 Å². The second-order valence-corrected chi connectivity index (χ2v) is 3.18. The standard InChI is InChI=1S/C10H8O2S/c11-6-1-3-9-5-8-13-10(9)4-2-7-12/h1-8H/b3-1+,4-2+. The Kier molecular flexibility index (Phi) is 3.85. The number of hydrogen-bond acceptors (Lipinski definition) is 3. The highest BCUT2D eigenvalue weighted by Gasteiger charge is 1.95. The molecular formula is C10H8O2S. The van der Waals surface area contributed by atoms with Crippen molar-refractivity contribution in [3.05, 3.63) is 34.0 Å². The van der Waals surface area contributed by atoms with E-state index in [2.05, 4.69) is 0 Å². The molecule has 0 aliphatic rings. The molecule has 0 unspecified atom stereocenters. The Balaban J connectivity index is 2.88. The zero-order valence-corrected chi connectivity index (χ0v) is 7.66. The SMILES string of the molecule is O=C/C=C/c1ccsc1/C=C/C=O. The number of carbonyl (C=O) groups excluding carboxylic acids is 2. The van der Waals surface area contributed by atoms with Crippen LogP contribution in [0, 0.1) is 0 Å². The molecule has 0 N–H and O–H groups in total. The van der Waals surface area contributed by atoms with Crippen LogP contribution in [0.3, 0.4) is 0 Å². The molecule has 1 aromatic rings. The van der Waals surface area contributed by atoms with Crippen molar-refractivity contribution in [2.45, 2.75) is 0 Å². The molecule has 0 fully saturated rings. The average Bonchev–Trinajstić information content (AvgIpc) is 2.59. The Morgan fingerprint density at radius 2 is 1.77 bits per heavy atom. The van der Waals surface area contributed by atoms with Crippen LogP contribution in [-0.4, -0.2) is 12.6 Å². The average molecular weight is 192 g/mol. The summed E-state index contributed by atoms with van der Waals surface area (Å²) in [6, 6.07) is 1.90. The summed E-state index contributed by atoms with van der Waals surface area (Å²) in [5.74, 6) is 0. The molecule has 0 radical (unpaired) electrons. The third-order valence-electron chi connectivity index (χ3n) is 1.41. The Labute approximate surface area is 80.2 Å². The fourth-order valence-electron chi connectivity index (χ4n) is 0.874. The van der Waals surface area contributed by atoms with E-state index in [9.17, 15) is 9.59 Å². The summed E-state index contributed by atoms with van der Waals surface area (Å²) in [5, 5.41) is 1.91. The van der Waals surface area contributed by atoms with Crippen molar-refractivity contribution < 1.29 is 9.59 Å². The van der Waals surface area contributed by atoms with Crippen molar-refractivity contribution in [3.8, 4) is 0 Å². The highest BCUT2D eigenvalue weighted by Crippen LogP contribution is 2.19.